The van der Waals surface area contributed by atoms with Gasteiger partial charge in [-0.05, 0) is 49.1 Å². The van der Waals surface area contributed by atoms with Crippen LogP contribution in [-0.2, 0) is 16.1 Å². The lowest BCUT2D eigenvalue weighted by molar-refractivity contribution is -0.146. The average molecular weight is 448 g/mol. The zero-order valence-electron chi connectivity index (χ0n) is 16.6. The molecule has 2 N–H and O–H groups in total. The highest BCUT2D eigenvalue weighted by molar-refractivity contribution is 6.42. The van der Waals surface area contributed by atoms with Gasteiger partial charge in [0, 0.05) is 6.04 Å². The Labute approximate surface area is 184 Å². The summed E-state index contributed by atoms with van der Waals surface area (Å²) < 4.78 is 11.0. The summed E-state index contributed by atoms with van der Waals surface area (Å²) in [6.45, 7) is 0.356. The molecule has 1 aliphatic carbocycles. The third kappa shape index (κ3) is 4.50. The van der Waals surface area contributed by atoms with E-state index in [4.69, 9.17) is 32.7 Å². The zero-order chi connectivity index (χ0) is 21.1. The largest absolute Gasteiger partial charge is 0.488 e. The van der Waals surface area contributed by atoms with Gasteiger partial charge in [0.15, 0.2) is 5.82 Å². The molecule has 1 saturated carbocycles. The van der Waals surface area contributed by atoms with Crippen molar-refractivity contribution in [2.24, 2.45) is 5.92 Å². The summed E-state index contributed by atoms with van der Waals surface area (Å²) in [6.07, 6.45) is 3.55. The molecule has 0 radical (unpaired) electrons. The van der Waals surface area contributed by atoms with E-state index < -0.39 is 0 Å². The van der Waals surface area contributed by atoms with Gasteiger partial charge >= 0.3 is 5.97 Å². The molecule has 1 aromatic heterocycles. The standard InChI is InChI=1S/C22H23Cl2N3O3/c1-29-22(28)14-4-2-5-15(11-14)25-21-20-18(26-27-21)6-3-7-19(20)30-12-13-8-9-16(23)17(24)10-13/h3,6-10,14-15H,2,4-5,11-12H2,1H3,(H2,25,26,27). The number of carbonyl (C=O) groups excluding carboxylic acids is 1. The molecule has 1 heterocycles. The fourth-order valence-corrected chi connectivity index (χ4v) is 4.27. The quantitative estimate of drug-likeness (QED) is 0.481. The topological polar surface area (TPSA) is 76.2 Å². The number of anilines is 1. The van der Waals surface area contributed by atoms with Crippen LogP contribution in [0.3, 0.4) is 0 Å². The Bertz CT molecular complexity index is 1050. The molecular weight excluding hydrogens is 425 g/mol. The summed E-state index contributed by atoms with van der Waals surface area (Å²) in [5, 5.41) is 12.9. The van der Waals surface area contributed by atoms with Crippen LogP contribution in [0.25, 0.3) is 10.9 Å². The molecule has 2 unspecified atom stereocenters. The average Bonchev–Trinajstić information content (AvgIpc) is 3.17. The Morgan fingerprint density at radius 1 is 1.23 bits per heavy atom. The number of hydrogen-bond donors (Lipinski definition) is 2. The Hall–Kier alpha value is -2.44. The Morgan fingerprint density at radius 2 is 2.10 bits per heavy atom. The van der Waals surface area contributed by atoms with Crippen molar-refractivity contribution in [1.82, 2.24) is 10.2 Å². The van der Waals surface area contributed by atoms with Crippen molar-refractivity contribution in [3.8, 4) is 5.75 Å². The van der Waals surface area contributed by atoms with E-state index in [-0.39, 0.29) is 17.9 Å². The van der Waals surface area contributed by atoms with Crippen molar-refractivity contribution in [3.63, 3.8) is 0 Å². The van der Waals surface area contributed by atoms with E-state index in [0.717, 1.165) is 53.7 Å². The second kappa shape index (κ2) is 9.14. The van der Waals surface area contributed by atoms with E-state index in [1.807, 2.05) is 24.3 Å². The first-order valence-electron chi connectivity index (χ1n) is 9.93. The molecule has 2 aromatic carbocycles. The molecule has 6 nitrogen and oxygen atoms in total. The van der Waals surface area contributed by atoms with E-state index in [2.05, 4.69) is 15.5 Å². The van der Waals surface area contributed by atoms with Gasteiger partial charge in [0.05, 0.1) is 34.0 Å². The smallest absolute Gasteiger partial charge is 0.308 e. The number of hydrogen-bond acceptors (Lipinski definition) is 5. The van der Waals surface area contributed by atoms with Gasteiger partial charge in [-0.25, -0.2) is 0 Å². The summed E-state index contributed by atoms with van der Waals surface area (Å²) in [5.74, 6) is 1.23. The van der Waals surface area contributed by atoms with E-state index in [1.165, 1.54) is 7.11 Å². The van der Waals surface area contributed by atoms with Gasteiger partial charge in [-0.15, -0.1) is 0 Å². The van der Waals surface area contributed by atoms with Crippen LogP contribution in [0.15, 0.2) is 36.4 Å². The van der Waals surface area contributed by atoms with Crippen LogP contribution in [0.4, 0.5) is 5.82 Å². The highest BCUT2D eigenvalue weighted by Gasteiger charge is 2.28. The van der Waals surface area contributed by atoms with E-state index in [9.17, 15) is 4.79 Å². The van der Waals surface area contributed by atoms with Crippen molar-refractivity contribution in [3.05, 3.63) is 52.0 Å². The number of halogens is 2. The number of benzene rings is 2. The van der Waals surface area contributed by atoms with Crippen LogP contribution in [0, 0.1) is 5.92 Å². The lowest BCUT2D eigenvalue weighted by Crippen LogP contribution is -2.31. The van der Waals surface area contributed by atoms with Crippen molar-refractivity contribution in [1.29, 1.82) is 0 Å². The van der Waals surface area contributed by atoms with Gasteiger partial charge in [-0.2, -0.15) is 5.10 Å². The van der Waals surface area contributed by atoms with Gasteiger partial charge in [0.2, 0.25) is 0 Å². The number of fused-ring (bicyclic) bond motifs is 1. The monoisotopic (exact) mass is 447 g/mol. The normalized spacial score (nSPS) is 18.9. The lowest BCUT2D eigenvalue weighted by atomic mass is 9.85. The minimum absolute atomic E-state index is 0.0724. The van der Waals surface area contributed by atoms with Gasteiger partial charge in [-0.3, -0.25) is 9.89 Å². The van der Waals surface area contributed by atoms with E-state index >= 15 is 0 Å². The van der Waals surface area contributed by atoms with Crippen LogP contribution < -0.4 is 10.1 Å². The Balaban J connectivity index is 1.52. The molecular formula is C22H23Cl2N3O3. The van der Waals surface area contributed by atoms with Crippen molar-refractivity contribution < 1.29 is 14.3 Å². The molecule has 0 saturated heterocycles. The SMILES string of the molecule is COC(=O)C1CCCC(Nc2n[nH]c3cccc(OCc4ccc(Cl)c(Cl)c4)c23)C1. The molecule has 0 bridgehead atoms. The molecule has 3 aromatic rings. The maximum Gasteiger partial charge on any atom is 0.308 e. The van der Waals surface area contributed by atoms with Crippen molar-refractivity contribution in [2.45, 2.75) is 38.3 Å². The molecule has 158 valence electrons. The fraction of sp³-hybridized carbons (Fsp3) is 0.364. The predicted octanol–water partition coefficient (Wildman–Crippen LogP) is 5.59. The molecule has 0 amide bonds. The fourth-order valence-electron chi connectivity index (χ4n) is 3.95. The third-order valence-electron chi connectivity index (χ3n) is 5.48. The number of ether oxygens (including phenoxy) is 2. The number of aromatic nitrogens is 2. The van der Waals surface area contributed by atoms with Crippen LogP contribution >= 0.6 is 23.2 Å². The second-order valence-corrected chi connectivity index (χ2v) is 8.33. The van der Waals surface area contributed by atoms with Gasteiger partial charge < -0.3 is 14.8 Å². The number of nitrogens with one attached hydrogen (secondary N) is 2. The summed E-state index contributed by atoms with van der Waals surface area (Å²) in [7, 11) is 1.44. The molecule has 4 rings (SSSR count). The van der Waals surface area contributed by atoms with Crippen LogP contribution in [0.5, 0.6) is 5.75 Å². The minimum Gasteiger partial charge on any atom is -0.488 e. The Kier molecular flexibility index (Phi) is 6.35. The molecule has 8 heteroatoms. The first kappa shape index (κ1) is 20.8. The maximum atomic E-state index is 11.9. The first-order valence-corrected chi connectivity index (χ1v) is 10.7. The molecule has 1 fully saturated rings. The van der Waals surface area contributed by atoms with E-state index in [0.29, 0.717) is 16.7 Å². The van der Waals surface area contributed by atoms with Crippen molar-refractivity contribution in [2.75, 3.05) is 12.4 Å². The number of esters is 1. The first-order chi connectivity index (χ1) is 14.5. The summed E-state index contributed by atoms with van der Waals surface area (Å²) in [4.78, 5) is 11.9. The third-order valence-corrected chi connectivity index (χ3v) is 6.22. The van der Waals surface area contributed by atoms with Crippen LogP contribution in [0.2, 0.25) is 10.0 Å². The predicted molar refractivity (Wildman–Crippen MR) is 118 cm³/mol. The number of H-pyrrole nitrogens is 1. The number of methoxy groups -OCH3 is 1. The van der Waals surface area contributed by atoms with Gasteiger partial charge in [-0.1, -0.05) is 41.8 Å². The molecule has 30 heavy (non-hydrogen) atoms. The summed E-state index contributed by atoms with van der Waals surface area (Å²) in [5.41, 5.74) is 1.80. The van der Waals surface area contributed by atoms with Crippen molar-refractivity contribution >= 4 is 45.9 Å². The van der Waals surface area contributed by atoms with Crippen LogP contribution in [0.1, 0.15) is 31.2 Å². The number of carbonyl (C=O) groups is 1. The molecule has 1 aliphatic rings. The highest BCUT2D eigenvalue weighted by atomic mass is 35.5. The van der Waals surface area contributed by atoms with Crippen LogP contribution in [-0.4, -0.2) is 29.3 Å². The van der Waals surface area contributed by atoms with Gasteiger partial charge in [0.25, 0.3) is 0 Å². The molecule has 0 spiro atoms. The molecule has 0 aliphatic heterocycles. The maximum absolute atomic E-state index is 11.9. The number of aromatic amines is 1. The highest BCUT2D eigenvalue weighted by Crippen LogP contribution is 2.34. The molecule has 2 atom stereocenters. The van der Waals surface area contributed by atoms with Gasteiger partial charge in [0.1, 0.15) is 12.4 Å². The number of nitrogens with zero attached hydrogens (tertiary/aromatic N) is 1. The second-order valence-electron chi connectivity index (χ2n) is 7.52. The summed E-state index contributed by atoms with van der Waals surface area (Å²) in [6, 6.07) is 11.4. The number of rotatable bonds is 6. The zero-order valence-corrected chi connectivity index (χ0v) is 18.1. The Morgan fingerprint density at radius 3 is 2.90 bits per heavy atom. The van der Waals surface area contributed by atoms with E-state index in [1.54, 1.807) is 12.1 Å². The summed E-state index contributed by atoms with van der Waals surface area (Å²) >= 11 is 12.1. The lowest BCUT2D eigenvalue weighted by Gasteiger charge is -2.28. The minimum atomic E-state index is -0.140.